The van der Waals surface area contributed by atoms with Gasteiger partial charge in [-0.15, -0.1) is 0 Å². The summed E-state index contributed by atoms with van der Waals surface area (Å²) in [4.78, 5) is 18.2. The van der Waals surface area contributed by atoms with Crippen LogP contribution in [0.4, 0.5) is 4.39 Å². The van der Waals surface area contributed by atoms with E-state index in [0.29, 0.717) is 50.4 Å². The third-order valence-corrected chi connectivity index (χ3v) is 7.56. The number of aromatic hydroxyl groups is 2. The highest BCUT2D eigenvalue weighted by Crippen LogP contribution is 2.41. The molecule has 2 aromatic heterocycles. The van der Waals surface area contributed by atoms with E-state index in [1.165, 1.54) is 19.2 Å². The molecule has 0 unspecified atom stereocenters. The summed E-state index contributed by atoms with van der Waals surface area (Å²) in [5.74, 6) is -1.16. The molecule has 1 atom stereocenters. The van der Waals surface area contributed by atoms with E-state index in [9.17, 15) is 19.4 Å². The molecule has 0 saturated heterocycles. The average Bonchev–Trinajstić information content (AvgIpc) is 3.43. The van der Waals surface area contributed by atoms with Crippen LogP contribution in [-0.4, -0.2) is 43.5 Å². The van der Waals surface area contributed by atoms with E-state index < -0.39 is 23.5 Å². The quantitative estimate of drug-likeness (QED) is 0.187. The standard InChI is InChI=1S/C36H32FN3O5/c1-20-32(34(35(43)44-5)45-36(2,3)4)33(27-15-16-29(41)26-12-7-6-11-25(26)27)40-31(38-20)19-28(39-40)22-10-8-9-21(17-22)24-14-13-23(37)18-30(24)42/h6-19,34,41-42H,1-5H3/t34-/m0/s1. The molecule has 45 heavy (non-hydrogen) atoms. The van der Waals surface area contributed by atoms with Gasteiger partial charge in [-0.1, -0.05) is 42.5 Å². The van der Waals surface area contributed by atoms with E-state index >= 15 is 0 Å². The number of fused-ring (bicyclic) bond motifs is 2. The van der Waals surface area contributed by atoms with Gasteiger partial charge in [-0.3, -0.25) is 0 Å². The number of aromatic nitrogens is 3. The summed E-state index contributed by atoms with van der Waals surface area (Å²) < 4.78 is 26.9. The number of aryl methyl sites for hydroxylation is 1. The zero-order chi connectivity index (χ0) is 32.0. The molecule has 0 amide bonds. The number of hydrogen-bond donors (Lipinski definition) is 2. The maximum Gasteiger partial charge on any atom is 0.339 e. The predicted octanol–water partition coefficient (Wildman–Crippen LogP) is 7.77. The molecule has 0 saturated carbocycles. The Bertz CT molecular complexity index is 2100. The molecule has 228 valence electrons. The molecule has 4 aromatic carbocycles. The molecule has 9 heteroatoms. The van der Waals surface area contributed by atoms with Gasteiger partial charge in [0.1, 0.15) is 17.3 Å². The lowest BCUT2D eigenvalue weighted by Gasteiger charge is -2.28. The minimum Gasteiger partial charge on any atom is -0.507 e. The zero-order valence-corrected chi connectivity index (χ0v) is 25.5. The van der Waals surface area contributed by atoms with Crippen molar-refractivity contribution in [1.82, 2.24) is 14.6 Å². The number of carbonyl (C=O) groups is 1. The predicted molar refractivity (Wildman–Crippen MR) is 170 cm³/mol. The van der Waals surface area contributed by atoms with Crippen LogP contribution in [0.2, 0.25) is 0 Å². The van der Waals surface area contributed by atoms with Gasteiger partial charge in [-0.25, -0.2) is 18.7 Å². The lowest BCUT2D eigenvalue weighted by molar-refractivity contribution is -0.164. The van der Waals surface area contributed by atoms with Crippen molar-refractivity contribution < 1.29 is 28.9 Å². The number of hydrogen-bond acceptors (Lipinski definition) is 7. The number of rotatable bonds is 6. The molecule has 0 aliphatic rings. The van der Waals surface area contributed by atoms with E-state index in [0.717, 1.165) is 17.0 Å². The molecule has 0 spiro atoms. The first kappa shape index (κ1) is 29.8. The number of nitrogens with zero attached hydrogens (tertiary/aromatic N) is 3. The number of ether oxygens (including phenoxy) is 2. The van der Waals surface area contributed by atoms with Crippen LogP contribution in [0.5, 0.6) is 11.5 Å². The highest BCUT2D eigenvalue weighted by molar-refractivity contribution is 6.01. The summed E-state index contributed by atoms with van der Waals surface area (Å²) in [6, 6.07) is 24.0. The van der Waals surface area contributed by atoms with Gasteiger partial charge in [0, 0.05) is 45.5 Å². The van der Waals surface area contributed by atoms with Gasteiger partial charge in [0.05, 0.1) is 24.1 Å². The maximum absolute atomic E-state index is 13.7. The SMILES string of the molecule is COC(=O)[C@@H](OC(C)(C)C)c1c(C)nc2cc(-c3cccc(-c4ccc(F)cc4O)c3)nn2c1-c1ccc(O)c2ccccc12. The van der Waals surface area contributed by atoms with Crippen LogP contribution >= 0.6 is 0 Å². The minimum atomic E-state index is -1.13. The van der Waals surface area contributed by atoms with E-state index in [1.807, 2.05) is 82.3 Å². The Kier molecular flexibility index (Phi) is 7.50. The summed E-state index contributed by atoms with van der Waals surface area (Å²) in [5, 5.41) is 27.5. The molecular weight excluding hydrogens is 573 g/mol. The molecule has 0 fully saturated rings. The molecular formula is C36H32FN3O5. The van der Waals surface area contributed by atoms with Gasteiger partial charge >= 0.3 is 5.97 Å². The van der Waals surface area contributed by atoms with Gasteiger partial charge in [0.2, 0.25) is 0 Å². The Labute approximate surface area is 259 Å². The summed E-state index contributed by atoms with van der Waals surface area (Å²) in [7, 11) is 1.32. The first-order chi connectivity index (χ1) is 21.4. The zero-order valence-electron chi connectivity index (χ0n) is 25.5. The number of phenolic OH excluding ortho intramolecular Hbond substituents is 2. The van der Waals surface area contributed by atoms with Crippen LogP contribution in [0.3, 0.4) is 0 Å². The molecule has 0 bridgehead atoms. The largest absolute Gasteiger partial charge is 0.507 e. The number of methoxy groups -OCH3 is 1. The van der Waals surface area contributed by atoms with Crippen LogP contribution in [0.15, 0.2) is 84.9 Å². The average molecular weight is 606 g/mol. The van der Waals surface area contributed by atoms with Crippen molar-refractivity contribution in [3.05, 3.63) is 102 Å². The van der Waals surface area contributed by atoms with Crippen molar-refractivity contribution in [3.8, 4) is 45.1 Å². The molecule has 2 heterocycles. The van der Waals surface area contributed by atoms with E-state index in [4.69, 9.17) is 19.6 Å². The summed E-state index contributed by atoms with van der Waals surface area (Å²) in [5.41, 5.74) is 4.59. The molecule has 2 N–H and O–H groups in total. The minimum absolute atomic E-state index is 0.121. The Morgan fingerprint density at radius 1 is 0.867 bits per heavy atom. The Morgan fingerprint density at radius 3 is 2.29 bits per heavy atom. The van der Waals surface area contributed by atoms with E-state index in [2.05, 4.69) is 0 Å². The van der Waals surface area contributed by atoms with Crippen LogP contribution in [-0.2, 0) is 14.3 Å². The van der Waals surface area contributed by atoms with Gasteiger partial charge in [0.15, 0.2) is 11.8 Å². The first-order valence-electron chi connectivity index (χ1n) is 14.4. The fourth-order valence-electron chi connectivity index (χ4n) is 5.62. The summed E-state index contributed by atoms with van der Waals surface area (Å²) in [6.45, 7) is 7.39. The maximum atomic E-state index is 13.7. The third kappa shape index (κ3) is 5.58. The second-order valence-electron chi connectivity index (χ2n) is 11.8. The molecule has 6 aromatic rings. The first-order valence-corrected chi connectivity index (χ1v) is 14.4. The second-order valence-corrected chi connectivity index (χ2v) is 11.8. The number of phenols is 2. The molecule has 0 aliphatic carbocycles. The number of esters is 1. The lowest BCUT2D eigenvalue weighted by Crippen LogP contribution is -2.29. The molecule has 8 nitrogen and oxygen atoms in total. The van der Waals surface area contributed by atoms with Crippen molar-refractivity contribution in [2.75, 3.05) is 7.11 Å². The van der Waals surface area contributed by atoms with Crippen molar-refractivity contribution >= 4 is 22.4 Å². The fourth-order valence-corrected chi connectivity index (χ4v) is 5.62. The molecule has 0 aliphatic heterocycles. The fraction of sp³-hybridized carbons (Fsp3) is 0.194. The van der Waals surface area contributed by atoms with E-state index in [-0.39, 0.29) is 11.5 Å². The van der Waals surface area contributed by atoms with Crippen LogP contribution in [0, 0.1) is 12.7 Å². The smallest absolute Gasteiger partial charge is 0.339 e. The van der Waals surface area contributed by atoms with Crippen LogP contribution < -0.4 is 0 Å². The van der Waals surface area contributed by atoms with Gasteiger partial charge in [0.25, 0.3) is 0 Å². The van der Waals surface area contributed by atoms with Crippen molar-refractivity contribution in [1.29, 1.82) is 0 Å². The van der Waals surface area contributed by atoms with Gasteiger partial charge in [-0.2, -0.15) is 5.10 Å². The Morgan fingerprint density at radius 2 is 1.58 bits per heavy atom. The molecule has 0 radical (unpaired) electrons. The van der Waals surface area contributed by atoms with Gasteiger partial charge in [-0.05, 0) is 69.0 Å². The summed E-state index contributed by atoms with van der Waals surface area (Å²) >= 11 is 0. The second kappa shape index (κ2) is 11.3. The van der Waals surface area contributed by atoms with Crippen molar-refractivity contribution in [2.24, 2.45) is 0 Å². The highest BCUT2D eigenvalue weighted by Gasteiger charge is 2.34. The van der Waals surface area contributed by atoms with Gasteiger partial charge < -0.3 is 19.7 Å². The highest BCUT2D eigenvalue weighted by atomic mass is 19.1. The normalized spacial score (nSPS) is 12.5. The van der Waals surface area contributed by atoms with Crippen molar-refractivity contribution in [2.45, 2.75) is 39.4 Å². The number of carbonyl (C=O) groups excluding carboxylic acids is 1. The topological polar surface area (TPSA) is 106 Å². The summed E-state index contributed by atoms with van der Waals surface area (Å²) in [6.07, 6.45) is -1.13. The third-order valence-electron chi connectivity index (χ3n) is 7.56. The van der Waals surface area contributed by atoms with Crippen LogP contribution in [0.25, 0.3) is 50.1 Å². The number of benzene rings is 4. The van der Waals surface area contributed by atoms with Crippen LogP contribution in [0.1, 0.15) is 38.1 Å². The lowest BCUT2D eigenvalue weighted by atomic mass is 9.94. The molecule has 6 rings (SSSR count). The Balaban J connectivity index is 1.64. The van der Waals surface area contributed by atoms with E-state index in [1.54, 1.807) is 16.6 Å². The monoisotopic (exact) mass is 605 g/mol. The Hall–Kier alpha value is -5.28. The number of halogens is 1. The van der Waals surface area contributed by atoms with Crippen molar-refractivity contribution in [3.63, 3.8) is 0 Å².